The van der Waals surface area contributed by atoms with Crippen LogP contribution in [0, 0.1) is 18.3 Å². The Balaban J connectivity index is 2.64. The van der Waals surface area contributed by atoms with Gasteiger partial charge in [0.05, 0.1) is 5.02 Å². The van der Waals surface area contributed by atoms with Crippen LogP contribution in [0.15, 0.2) is 39.3 Å². The number of azo groups is 1. The lowest BCUT2D eigenvalue weighted by Gasteiger charge is -2.10. The highest BCUT2D eigenvalue weighted by Gasteiger charge is 2.18. The second kappa shape index (κ2) is 6.41. The highest BCUT2D eigenvalue weighted by atomic mass is 35.5. The van der Waals surface area contributed by atoms with Gasteiger partial charge < -0.3 is 5.11 Å². The normalized spacial score (nSPS) is 10.8. The molecule has 1 aromatic heterocycles. The summed E-state index contributed by atoms with van der Waals surface area (Å²) in [4.78, 5) is 12.3. The van der Waals surface area contributed by atoms with Crippen molar-refractivity contribution in [2.75, 3.05) is 0 Å². The van der Waals surface area contributed by atoms with Crippen LogP contribution < -0.4 is 5.56 Å². The third-order valence-corrected chi connectivity index (χ3v) is 3.52. The van der Waals surface area contributed by atoms with Crippen LogP contribution in [0.1, 0.15) is 18.1 Å². The first-order chi connectivity index (χ1) is 10.5. The first-order valence-electron chi connectivity index (χ1n) is 6.54. The fraction of sp³-hybridized carbons (Fsp3) is 0.200. The fourth-order valence-corrected chi connectivity index (χ4v) is 2.16. The molecule has 1 heterocycles. The molecule has 0 unspecified atom stereocenters. The minimum atomic E-state index is -0.507. The number of nitriles is 1. The van der Waals surface area contributed by atoms with E-state index in [2.05, 4.69) is 10.2 Å². The van der Waals surface area contributed by atoms with Gasteiger partial charge in [0.25, 0.3) is 5.56 Å². The molecule has 0 amide bonds. The van der Waals surface area contributed by atoms with Crippen molar-refractivity contribution in [2.24, 2.45) is 10.2 Å². The van der Waals surface area contributed by atoms with Crippen LogP contribution in [0.5, 0.6) is 5.88 Å². The van der Waals surface area contributed by atoms with E-state index in [1.54, 1.807) is 38.1 Å². The molecule has 0 bridgehead atoms. The van der Waals surface area contributed by atoms with Crippen molar-refractivity contribution >= 4 is 23.0 Å². The molecule has 1 aromatic carbocycles. The SMILES string of the molecule is CCn1c(O)c(C#N)c(C)c(N=Nc2ccccc2Cl)c1=O. The molecule has 2 rings (SSSR count). The molecule has 0 atom stereocenters. The zero-order chi connectivity index (χ0) is 16.3. The van der Waals surface area contributed by atoms with Crippen molar-refractivity contribution in [2.45, 2.75) is 20.4 Å². The minimum absolute atomic E-state index is 0.00885. The number of halogens is 1. The molecule has 112 valence electrons. The maximum atomic E-state index is 12.3. The van der Waals surface area contributed by atoms with E-state index in [9.17, 15) is 9.90 Å². The summed E-state index contributed by atoms with van der Waals surface area (Å²) in [6.07, 6.45) is 0. The third-order valence-electron chi connectivity index (χ3n) is 3.20. The van der Waals surface area contributed by atoms with Crippen molar-refractivity contribution in [3.63, 3.8) is 0 Å². The van der Waals surface area contributed by atoms with Crippen molar-refractivity contribution in [3.05, 3.63) is 50.8 Å². The first-order valence-corrected chi connectivity index (χ1v) is 6.91. The van der Waals surface area contributed by atoms with Crippen LogP contribution in [0.4, 0.5) is 11.4 Å². The van der Waals surface area contributed by atoms with E-state index in [1.807, 2.05) is 6.07 Å². The van der Waals surface area contributed by atoms with Crippen LogP contribution in [0.2, 0.25) is 5.02 Å². The number of aromatic hydroxyl groups is 1. The summed E-state index contributed by atoms with van der Waals surface area (Å²) in [5.41, 5.74) is 0.209. The van der Waals surface area contributed by atoms with Gasteiger partial charge in [-0.05, 0) is 26.0 Å². The molecule has 1 N–H and O–H groups in total. The molecule has 0 spiro atoms. The van der Waals surface area contributed by atoms with Crippen LogP contribution in [0.3, 0.4) is 0 Å². The second-order valence-electron chi connectivity index (χ2n) is 4.48. The lowest BCUT2D eigenvalue weighted by molar-refractivity contribution is 0.409. The third kappa shape index (κ3) is 2.71. The average Bonchev–Trinajstić information content (AvgIpc) is 2.49. The number of hydrogen-bond acceptors (Lipinski definition) is 5. The molecule has 0 aliphatic rings. The zero-order valence-corrected chi connectivity index (χ0v) is 12.8. The number of benzene rings is 1. The Morgan fingerprint density at radius 1 is 1.36 bits per heavy atom. The Kier molecular flexibility index (Phi) is 4.59. The Morgan fingerprint density at radius 2 is 2.05 bits per heavy atom. The molecule has 0 saturated heterocycles. The predicted octanol–water partition coefficient (Wildman–Crippen LogP) is 3.82. The summed E-state index contributed by atoms with van der Waals surface area (Å²) >= 11 is 5.98. The van der Waals surface area contributed by atoms with Gasteiger partial charge in [-0.25, -0.2) is 0 Å². The van der Waals surface area contributed by atoms with Gasteiger partial charge in [0.2, 0.25) is 5.88 Å². The summed E-state index contributed by atoms with van der Waals surface area (Å²) in [6.45, 7) is 3.45. The number of rotatable bonds is 3. The Labute approximate surface area is 131 Å². The molecule has 22 heavy (non-hydrogen) atoms. The molecule has 6 nitrogen and oxygen atoms in total. The second-order valence-corrected chi connectivity index (χ2v) is 4.89. The van der Waals surface area contributed by atoms with Gasteiger partial charge in [0.15, 0.2) is 5.69 Å². The molecule has 0 aliphatic heterocycles. The van der Waals surface area contributed by atoms with Crippen molar-refractivity contribution in [1.82, 2.24) is 4.57 Å². The summed E-state index contributed by atoms with van der Waals surface area (Å²) in [5, 5.41) is 27.4. The van der Waals surface area contributed by atoms with E-state index in [1.165, 1.54) is 0 Å². The largest absolute Gasteiger partial charge is 0.493 e. The van der Waals surface area contributed by atoms with Gasteiger partial charge in [0.1, 0.15) is 17.3 Å². The van der Waals surface area contributed by atoms with Gasteiger partial charge in [-0.1, -0.05) is 23.7 Å². The van der Waals surface area contributed by atoms with Crippen LogP contribution in [-0.4, -0.2) is 9.67 Å². The molecule has 0 fully saturated rings. The molecule has 0 saturated carbocycles. The van der Waals surface area contributed by atoms with Gasteiger partial charge in [-0.2, -0.15) is 5.26 Å². The molecule has 0 radical (unpaired) electrons. The summed E-state index contributed by atoms with van der Waals surface area (Å²) < 4.78 is 1.08. The van der Waals surface area contributed by atoms with E-state index in [-0.39, 0.29) is 29.2 Å². The number of hydrogen-bond donors (Lipinski definition) is 1. The van der Waals surface area contributed by atoms with E-state index < -0.39 is 5.56 Å². The lowest BCUT2D eigenvalue weighted by atomic mass is 10.1. The summed E-state index contributed by atoms with van der Waals surface area (Å²) in [5.74, 6) is -0.357. The Morgan fingerprint density at radius 3 is 2.64 bits per heavy atom. The molecular weight excluding hydrogens is 304 g/mol. The summed E-state index contributed by atoms with van der Waals surface area (Å²) in [7, 11) is 0. The van der Waals surface area contributed by atoms with Gasteiger partial charge in [-0.3, -0.25) is 9.36 Å². The first kappa shape index (κ1) is 15.7. The van der Waals surface area contributed by atoms with Crippen molar-refractivity contribution in [1.29, 1.82) is 5.26 Å². The average molecular weight is 317 g/mol. The van der Waals surface area contributed by atoms with Crippen LogP contribution in [0.25, 0.3) is 0 Å². The minimum Gasteiger partial charge on any atom is -0.493 e. The van der Waals surface area contributed by atoms with Gasteiger partial charge in [-0.15, -0.1) is 10.2 Å². The molecule has 0 aliphatic carbocycles. The van der Waals surface area contributed by atoms with Crippen LogP contribution >= 0.6 is 11.6 Å². The van der Waals surface area contributed by atoms with Crippen molar-refractivity contribution < 1.29 is 5.11 Å². The quantitative estimate of drug-likeness (QED) is 0.872. The topological polar surface area (TPSA) is 90.7 Å². The van der Waals surface area contributed by atoms with Gasteiger partial charge >= 0.3 is 0 Å². The van der Waals surface area contributed by atoms with E-state index in [0.717, 1.165) is 4.57 Å². The summed E-state index contributed by atoms with van der Waals surface area (Å²) in [6, 6.07) is 8.69. The van der Waals surface area contributed by atoms with E-state index in [0.29, 0.717) is 10.7 Å². The number of pyridine rings is 1. The molecule has 2 aromatic rings. The number of nitrogens with zero attached hydrogens (tertiary/aromatic N) is 4. The lowest BCUT2D eigenvalue weighted by Crippen LogP contribution is -2.20. The maximum absolute atomic E-state index is 12.3. The molecular formula is C15H13ClN4O2. The van der Waals surface area contributed by atoms with E-state index >= 15 is 0 Å². The van der Waals surface area contributed by atoms with Gasteiger partial charge in [0, 0.05) is 12.1 Å². The predicted molar refractivity (Wildman–Crippen MR) is 83.1 cm³/mol. The van der Waals surface area contributed by atoms with Crippen molar-refractivity contribution in [3.8, 4) is 11.9 Å². The van der Waals surface area contributed by atoms with Crippen LogP contribution in [-0.2, 0) is 6.54 Å². The standard InChI is InChI=1S/C15H13ClN4O2/c1-3-20-14(21)10(8-17)9(2)13(15(20)22)19-18-12-7-5-4-6-11(12)16/h4-7,21H,3H2,1-2H3. The Bertz CT molecular complexity index is 850. The monoisotopic (exact) mass is 316 g/mol. The van der Waals surface area contributed by atoms with E-state index in [4.69, 9.17) is 16.9 Å². The highest BCUT2D eigenvalue weighted by molar-refractivity contribution is 6.32. The smallest absolute Gasteiger partial charge is 0.281 e. The zero-order valence-electron chi connectivity index (χ0n) is 12.0. The highest BCUT2D eigenvalue weighted by Crippen LogP contribution is 2.29. The number of aromatic nitrogens is 1. The Hall–Kier alpha value is -2.65. The molecule has 7 heteroatoms. The fourth-order valence-electron chi connectivity index (χ4n) is 1.99. The maximum Gasteiger partial charge on any atom is 0.281 e.